The highest BCUT2D eigenvalue weighted by Crippen LogP contribution is 2.23. The van der Waals surface area contributed by atoms with E-state index in [0.29, 0.717) is 16.3 Å². The fraction of sp³-hybridized carbons (Fsp3) is 0.294. The molecule has 138 valence electrons. The van der Waals surface area contributed by atoms with Gasteiger partial charge in [0.1, 0.15) is 15.7 Å². The Labute approximate surface area is 153 Å². The molecule has 1 atom stereocenters. The van der Waals surface area contributed by atoms with Gasteiger partial charge in [-0.1, -0.05) is 12.1 Å². The number of carboxylic acids is 1. The quantitative estimate of drug-likeness (QED) is 0.680. The fourth-order valence-electron chi connectivity index (χ4n) is 2.23. The summed E-state index contributed by atoms with van der Waals surface area (Å²) in [6.45, 7) is 3.02. The van der Waals surface area contributed by atoms with Gasteiger partial charge in [-0.2, -0.15) is 0 Å². The van der Waals surface area contributed by atoms with Crippen LogP contribution >= 0.6 is 11.3 Å². The highest BCUT2D eigenvalue weighted by atomic mass is 32.1. The third-order valence-electron chi connectivity index (χ3n) is 3.46. The summed E-state index contributed by atoms with van der Waals surface area (Å²) in [5, 5.41) is 14.6. The Morgan fingerprint density at radius 2 is 2.04 bits per heavy atom. The zero-order valence-electron chi connectivity index (χ0n) is 14.2. The predicted octanol–water partition coefficient (Wildman–Crippen LogP) is 1.82. The maximum atomic E-state index is 13.1. The lowest BCUT2D eigenvalue weighted by molar-refractivity contribution is -0.126. The number of thiazole rings is 1. The number of carboxylic acid groups (broad SMARTS) is 1. The van der Waals surface area contributed by atoms with Crippen molar-refractivity contribution in [1.82, 2.24) is 15.6 Å². The molecule has 0 aliphatic carbocycles. The molecule has 2 rings (SSSR count). The lowest BCUT2D eigenvalue weighted by Gasteiger charge is -2.12. The molecule has 3 N–H and O–H groups in total. The van der Waals surface area contributed by atoms with Crippen LogP contribution in [0.5, 0.6) is 0 Å². The van der Waals surface area contributed by atoms with Crippen molar-refractivity contribution in [3.63, 3.8) is 0 Å². The molecule has 1 aromatic carbocycles. The molecular weight excluding hydrogens is 361 g/mol. The van der Waals surface area contributed by atoms with Crippen LogP contribution in [-0.2, 0) is 16.0 Å². The normalized spacial score (nSPS) is 11.7. The molecule has 2 aromatic rings. The van der Waals surface area contributed by atoms with E-state index in [1.165, 1.54) is 18.2 Å². The number of amides is 2. The van der Waals surface area contributed by atoms with E-state index in [-0.39, 0.29) is 17.8 Å². The molecule has 0 aliphatic rings. The zero-order chi connectivity index (χ0) is 19.3. The molecule has 0 aliphatic heterocycles. The number of benzene rings is 1. The van der Waals surface area contributed by atoms with E-state index in [1.807, 2.05) is 0 Å². The number of aromatic carboxylic acids is 1. The van der Waals surface area contributed by atoms with Crippen molar-refractivity contribution >= 4 is 29.1 Å². The van der Waals surface area contributed by atoms with E-state index in [0.717, 1.165) is 11.3 Å². The first kappa shape index (κ1) is 19.5. The van der Waals surface area contributed by atoms with Crippen LogP contribution in [0, 0.1) is 12.7 Å². The second kappa shape index (κ2) is 8.52. The van der Waals surface area contributed by atoms with Gasteiger partial charge in [0.2, 0.25) is 11.8 Å². The first-order valence-corrected chi connectivity index (χ1v) is 8.59. The Kier molecular flexibility index (Phi) is 6.40. The van der Waals surface area contributed by atoms with E-state index in [4.69, 9.17) is 5.11 Å². The van der Waals surface area contributed by atoms with Gasteiger partial charge < -0.3 is 15.7 Å². The maximum Gasteiger partial charge on any atom is 0.347 e. The van der Waals surface area contributed by atoms with Crippen molar-refractivity contribution in [2.24, 2.45) is 0 Å². The van der Waals surface area contributed by atoms with Crippen molar-refractivity contribution in [2.45, 2.75) is 26.3 Å². The fourth-order valence-corrected chi connectivity index (χ4v) is 3.14. The summed E-state index contributed by atoms with van der Waals surface area (Å²) >= 11 is 0.997. The molecule has 0 spiro atoms. The van der Waals surface area contributed by atoms with Crippen LogP contribution in [0.1, 0.15) is 38.9 Å². The minimum Gasteiger partial charge on any atom is -0.477 e. The van der Waals surface area contributed by atoms with Gasteiger partial charge in [0, 0.05) is 0 Å². The molecule has 26 heavy (non-hydrogen) atoms. The molecule has 0 saturated heterocycles. The van der Waals surface area contributed by atoms with Gasteiger partial charge in [0.15, 0.2) is 0 Å². The van der Waals surface area contributed by atoms with Crippen molar-refractivity contribution in [1.29, 1.82) is 0 Å². The standard InChI is InChI=1S/C17H18FN3O4S/c1-9-15(17(24)25)26-16(21-9)10(2)20-14(23)8-19-13(22)7-11-4-3-5-12(18)6-11/h3-6,10H,7-8H2,1-2H3,(H,19,22)(H,20,23)(H,24,25). The summed E-state index contributed by atoms with van der Waals surface area (Å²) in [7, 11) is 0. The lowest BCUT2D eigenvalue weighted by atomic mass is 10.1. The molecule has 9 heteroatoms. The summed E-state index contributed by atoms with van der Waals surface area (Å²) in [6, 6.07) is 5.18. The van der Waals surface area contributed by atoms with Crippen LogP contribution < -0.4 is 10.6 Å². The van der Waals surface area contributed by atoms with Crippen molar-refractivity contribution in [3.8, 4) is 0 Å². The second-order valence-corrected chi connectivity index (χ2v) is 6.68. The van der Waals surface area contributed by atoms with Gasteiger partial charge in [-0.3, -0.25) is 9.59 Å². The average Bonchev–Trinajstić information content (AvgIpc) is 2.95. The predicted molar refractivity (Wildman–Crippen MR) is 93.5 cm³/mol. The summed E-state index contributed by atoms with van der Waals surface area (Å²) in [4.78, 5) is 39.1. The summed E-state index contributed by atoms with van der Waals surface area (Å²) in [5.74, 6) is -2.33. The molecule has 2 amide bonds. The molecule has 1 aromatic heterocycles. The summed E-state index contributed by atoms with van der Waals surface area (Å²) < 4.78 is 13.1. The smallest absolute Gasteiger partial charge is 0.347 e. The van der Waals surface area contributed by atoms with Gasteiger partial charge in [0.05, 0.1) is 24.7 Å². The number of rotatable bonds is 7. The number of nitrogens with one attached hydrogen (secondary N) is 2. The third-order valence-corrected chi connectivity index (χ3v) is 4.78. The number of aryl methyl sites for hydroxylation is 1. The van der Waals surface area contributed by atoms with Crippen molar-refractivity contribution in [2.75, 3.05) is 6.54 Å². The minimum absolute atomic E-state index is 0.0335. The Balaban J connectivity index is 1.83. The molecule has 1 unspecified atom stereocenters. The number of carbonyl (C=O) groups excluding carboxylic acids is 2. The summed E-state index contributed by atoms with van der Waals surface area (Å²) in [5.41, 5.74) is 0.901. The van der Waals surface area contributed by atoms with Crippen LogP contribution in [0.15, 0.2) is 24.3 Å². The molecular formula is C17H18FN3O4S. The largest absolute Gasteiger partial charge is 0.477 e. The van der Waals surface area contributed by atoms with E-state index in [1.54, 1.807) is 19.9 Å². The number of hydrogen-bond acceptors (Lipinski definition) is 5. The Hall–Kier alpha value is -2.81. The average molecular weight is 379 g/mol. The van der Waals surface area contributed by atoms with Gasteiger partial charge in [-0.15, -0.1) is 11.3 Å². The molecule has 0 saturated carbocycles. The Bertz CT molecular complexity index is 837. The van der Waals surface area contributed by atoms with Gasteiger partial charge in [-0.05, 0) is 31.5 Å². The number of halogens is 1. The molecule has 0 fully saturated rings. The van der Waals surface area contributed by atoms with Crippen LogP contribution in [-0.4, -0.2) is 34.4 Å². The van der Waals surface area contributed by atoms with Crippen LogP contribution in [0.3, 0.4) is 0 Å². The summed E-state index contributed by atoms with van der Waals surface area (Å²) in [6.07, 6.45) is -0.0335. The number of carbonyl (C=O) groups is 3. The van der Waals surface area contributed by atoms with E-state index in [9.17, 15) is 18.8 Å². The third kappa shape index (κ3) is 5.35. The van der Waals surface area contributed by atoms with Gasteiger partial charge >= 0.3 is 5.97 Å². The van der Waals surface area contributed by atoms with Crippen molar-refractivity contribution in [3.05, 3.63) is 51.2 Å². The molecule has 7 nitrogen and oxygen atoms in total. The number of nitrogens with zero attached hydrogens (tertiary/aromatic N) is 1. The van der Waals surface area contributed by atoms with Gasteiger partial charge in [-0.25, -0.2) is 14.2 Å². The maximum absolute atomic E-state index is 13.1. The first-order chi connectivity index (χ1) is 12.3. The first-order valence-electron chi connectivity index (χ1n) is 7.77. The van der Waals surface area contributed by atoms with E-state index >= 15 is 0 Å². The molecule has 1 heterocycles. The minimum atomic E-state index is -1.06. The molecule has 0 radical (unpaired) electrons. The topological polar surface area (TPSA) is 108 Å². The highest BCUT2D eigenvalue weighted by Gasteiger charge is 2.19. The van der Waals surface area contributed by atoms with E-state index < -0.39 is 29.6 Å². The molecule has 0 bridgehead atoms. The van der Waals surface area contributed by atoms with Gasteiger partial charge in [0.25, 0.3) is 0 Å². The van der Waals surface area contributed by atoms with Crippen LogP contribution in [0.25, 0.3) is 0 Å². The Morgan fingerprint density at radius 3 is 2.65 bits per heavy atom. The SMILES string of the molecule is Cc1nc(C(C)NC(=O)CNC(=O)Cc2cccc(F)c2)sc1C(=O)O. The Morgan fingerprint density at radius 1 is 1.31 bits per heavy atom. The van der Waals surface area contributed by atoms with Crippen LogP contribution in [0.2, 0.25) is 0 Å². The highest BCUT2D eigenvalue weighted by molar-refractivity contribution is 7.13. The van der Waals surface area contributed by atoms with Crippen molar-refractivity contribution < 1.29 is 23.9 Å². The second-order valence-electron chi connectivity index (χ2n) is 5.64. The number of aromatic nitrogens is 1. The number of hydrogen-bond donors (Lipinski definition) is 3. The van der Waals surface area contributed by atoms with E-state index in [2.05, 4.69) is 15.6 Å². The monoisotopic (exact) mass is 379 g/mol. The van der Waals surface area contributed by atoms with Crippen LogP contribution in [0.4, 0.5) is 4.39 Å². The lowest BCUT2D eigenvalue weighted by Crippen LogP contribution is -2.38. The zero-order valence-corrected chi connectivity index (χ0v) is 15.0.